The number of pyridine rings is 1. The van der Waals surface area contributed by atoms with Crippen molar-refractivity contribution in [3.8, 4) is 11.1 Å². The Bertz CT molecular complexity index is 1140. The maximum atomic E-state index is 13.5. The van der Waals surface area contributed by atoms with Gasteiger partial charge in [-0.25, -0.2) is 13.9 Å². The van der Waals surface area contributed by atoms with Crippen molar-refractivity contribution in [2.24, 2.45) is 0 Å². The first-order valence-electron chi connectivity index (χ1n) is 7.69. The molecule has 25 heavy (non-hydrogen) atoms. The Morgan fingerprint density at radius 3 is 2.88 bits per heavy atom. The van der Waals surface area contributed by atoms with Gasteiger partial charge in [0.05, 0.1) is 21.9 Å². The lowest BCUT2D eigenvalue weighted by Gasteiger charge is -2.08. The second-order valence-corrected chi connectivity index (χ2v) is 6.38. The van der Waals surface area contributed by atoms with Crippen LogP contribution in [0.25, 0.3) is 27.7 Å². The molecule has 0 aliphatic heterocycles. The minimum absolute atomic E-state index is 0.315. The Kier molecular flexibility index (Phi) is 3.80. The van der Waals surface area contributed by atoms with Crippen LogP contribution in [0.5, 0.6) is 0 Å². The highest BCUT2D eigenvalue weighted by molar-refractivity contribution is 9.10. The van der Waals surface area contributed by atoms with Gasteiger partial charge >= 0.3 is 0 Å². The van der Waals surface area contributed by atoms with E-state index in [-0.39, 0.29) is 5.82 Å². The molecule has 0 radical (unpaired) electrons. The number of rotatable bonds is 3. The molecule has 1 aromatic carbocycles. The van der Waals surface area contributed by atoms with Gasteiger partial charge in [0, 0.05) is 22.7 Å². The summed E-state index contributed by atoms with van der Waals surface area (Å²) in [4.78, 5) is 20.1. The molecule has 0 bridgehead atoms. The fourth-order valence-electron chi connectivity index (χ4n) is 2.89. The molecule has 0 saturated carbocycles. The van der Waals surface area contributed by atoms with Crippen LogP contribution in [-0.4, -0.2) is 25.9 Å². The summed E-state index contributed by atoms with van der Waals surface area (Å²) in [7, 11) is 0. The van der Waals surface area contributed by atoms with Crippen LogP contribution in [0.3, 0.4) is 0 Å². The minimum Gasteiger partial charge on any atom is -0.296 e. The number of aromatic nitrogens is 4. The van der Waals surface area contributed by atoms with Crippen LogP contribution in [0.15, 0.2) is 41.1 Å². The Morgan fingerprint density at radius 1 is 1.28 bits per heavy atom. The molecule has 0 amide bonds. The predicted molar refractivity (Wildman–Crippen MR) is 96.1 cm³/mol. The van der Waals surface area contributed by atoms with Crippen LogP contribution in [0, 0.1) is 5.82 Å². The van der Waals surface area contributed by atoms with Gasteiger partial charge < -0.3 is 0 Å². The van der Waals surface area contributed by atoms with E-state index in [0.717, 1.165) is 16.8 Å². The predicted octanol–water partition coefficient (Wildman–Crippen LogP) is 4.22. The molecular formula is C18H12BrFN4O. The van der Waals surface area contributed by atoms with Crippen LogP contribution < -0.4 is 0 Å². The van der Waals surface area contributed by atoms with Crippen molar-refractivity contribution in [2.45, 2.75) is 13.3 Å². The number of hydrogen-bond donors (Lipinski definition) is 0. The first kappa shape index (κ1) is 15.8. The lowest BCUT2D eigenvalue weighted by molar-refractivity contribution is 0.111. The van der Waals surface area contributed by atoms with Crippen molar-refractivity contribution in [1.82, 2.24) is 19.6 Å². The summed E-state index contributed by atoms with van der Waals surface area (Å²) in [6, 6.07) is 6.31. The van der Waals surface area contributed by atoms with Gasteiger partial charge in [-0.15, -0.1) is 0 Å². The maximum Gasteiger partial charge on any atom is 0.169 e. The molecule has 3 heterocycles. The Balaban J connectivity index is 1.99. The van der Waals surface area contributed by atoms with Crippen molar-refractivity contribution >= 4 is 38.8 Å². The summed E-state index contributed by atoms with van der Waals surface area (Å²) in [5.74, 6) is -0.315. The molecule has 4 rings (SSSR count). The first-order chi connectivity index (χ1) is 12.1. The van der Waals surface area contributed by atoms with E-state index < -0.39 is 0 Å². The molecule has 0 atom stereocenters. The van der Waals surface area contributed by atoms with Gasteiger partial charge in [0.1, 0.15) is 11.5 Å². The van der Waals surface area contributed by atoms with Crippen LogP contribution >= 0.6 is 15.9 Å². The van der Waals surface area contributed by atoms with Crippen LogP contribution in [0.2, 0.25) is 0 Å². The van der Waals surface area contributed by atoms with Crippen molar-refractivity contribution in [3.05, 3.63) is 58.3 Å². The summed E-state index contributed by atoms with van der Waals surface area (Å²) >= 11 is 3.42. The van der Waals surface area contributed by atoms with Gasteiger partial charge in [-0.05, 0) is 46.6 Å². The van der Waals surface area contributed by atoms with Crippen molar-refractivity contribution < 1.29 is 9.18 Å². The molecule has 0 aliphatic carbocycles. The summed E-state index contributed by atoms with van der Waals surface area (Å²) < 4.78 is 15.9. The number of nitrogens with zero attached hydrogens (tertiary/aromatic N) is 4. The highest BCUT2D eigenvalue weighted by Gasteiger charge is 2.17. The van der Waals surface area contributed by atoms with Crippen molar-refractivity contribution in [1.29, 1.82) is 0 Å². The van der Waals surface area contributed by atoms with E-state index in [0.29, 0.717) is 39.4 Å². The minimum atomic E-state index is -0.315. The number of hydrogen-bond acceptors (Lipinski definition) is 4. The second kappa shape index (κ2) is 6.00. The number of halogens is 2. The molecule has 5 nitrogen and oxygen atoms in total. The van der Waals surface area contributed by atoms with Gasteiger partial charge in [-0.3, -0.25) is 9.78 Å². The van der Waals surface area contributed by atoms with E-state index >= 15 is 0 Å². The molecule has 0 saturated heterocycles. The summed E-state index contributed by atoms with van der Waals surface area (Å²) in [6.07, 6.45) is 4.79. The average molecular weight is 399 g/mol. The maximum absolute atomic E-state index is 13.5. The summed E-state index contributed by atoms with van der Waals surface area (Å²) in [5.41, 5.74) is 3.97. The quantitative estimate of drug-likeness (QED) is 0.484. The monoisotopic (exact) mass is 398 g/mol. The molecule has 7 heteroatoms. The first-order valence-corrected chi connectivity index (χ1v) is 8.48. The van der Waals surface area contributed by atoms with Gasteiger partial charge in [0.15, 0.2) is 11.9 Å². The molecule has 0 spiro atoms. The van der Waals surface area contributed by atoms with Crippen LogP contribution in [0.1, 0.15) is 23.1 Å². The van der Waals surface area contributed by atoms with Crippen LogP contribution in [0.4, 0.5) is 4.39 Å². The van der Waals surface area contributed by atoms with Gasteiger partial charge in [-0.1, -0.05) is 6.92 Å². The van der Waals surface area contributed by atoms with Crippen LogP contribution in [-0.2, 0) is 6.42 Å². The number of benzene rings is 1. The van der Waals surface area contributed by atoms with Gasteiger partial charge in [-0.2, -0.15) is 5.10 Å². The molecular weight excluding hydrogens is 387 g/mol. The average Bonchev–Trinajstić information content (AvgIpc) is 3.04. The van der Waals surface area contributed by atoms with Crippen molar-refractivity contribution in [2.75, 3.05) is 0 Å². The Morgan fingerprint density at radius 2 is 2.12 bits per heavy atom. The molecule has 0 aliphatic rings. The number of carbonyl (C=O) groups is 1. The van der Waals surface area contributed by atoms with E-state index in [2.05, 4.69) is 31.0 Å². The fourth-order valence-corrected chi connectivity index (χ4v) is 3.52. The zero-order valence-corrected chi connectivity index (χ0v) is 14.8. The van der Waals surface area contributed by atoms with E-state index in [1.165, 1.54) is 12.1 Å². The zero-order chi connectivity index (χ0) is 17.6. The molecule has 124 valence electrons. The zero-order valence-electron chi connectivity index (χ0n) is 13.2. The highest BCUT2D eigenvalue weighted by atomic mass is 79.9. The standard InChI is InChI=1S/C18H12BrFN4O/c1-2-16-17(19)15(9-25)23-18-13(8-22-24(16)18)11-5-10-6-12(20)3-4-14(10)21-7-11/h3-9H,2H2,1H3. The van der Waals surface area contributed by atoms with E-state index in [1.54, 1.807) is 23.0 Å². The summed E-state index contributed by atoms with van der Waals surface area (Å²) in [6.45, 7) is 1.98. The summed E-state index contributed by atoms with van der Waals surface area (Å²) in [5, 5.41) is 5.10. The third kappa shape index (κ3) is 2.51. The number of fused-ring (bicyclic) bond motifs is 2. The largest absolute Gasteiger partial charge is 0.296 e. The smallest absolute Gasteiger partial charge is 0.169 e. The molecule has 3 aromatic heterocycles. The second-order valence-electron chi connectivity index (χ2n) is 5.58. The Hall–Kier alpha value is -2.67. The Labute approximate surface area is 150 Å². The van der Waals surface area contributed by atoms with E-state index in [4.69, 9.17) is 0 Å². The topological polar surface area (TPSA) is 60.2 Å². The fraction of sp³-hybridized carbons (Fsp3) is 0.111. The SMILES string of the molecule is CCc1c(Br)c(C=O)nc2c(-c3cnc4ccc(F)cc4c3)cnn12. The molecule has 0 unspecified atom stereocenters. The normalized spacial score (nSPS) is 11.3. The lowest BCUT2D eigenvalue weighted by Crippen LogP contribution is -2.05. The van der Waals surface area contributed by atoms with Gasteiger partial charge in [0.2, 0.25) is 0 Å². The van der Waals surface area contributed by atoms with E-state index in [1.807, 2.05) is 13.0 Å². The van der Waals surface area contributed by atoms with Crippen molar-refractivity contribution in [3.63, 3.8) is 0 Å². The lowest BCUT2D eigenvalue weighted by atomic mass is 10.1. The molecule has 4 aromatic rings. The number of aryl methyl sites for hydroxylation is 1. The highest BCUT2D eigenvalue weighted by Crippen LogP contribution is 2.29. The number of carbonyl (C=O) groups excluding carboxylic acids is 1. The molecule has 0 N–H and O–H groups in total. The van der Waals surface area contributed by atoms with Gasteiger partial charge in [0.25, 0.3) is 0 Å². The number of aldehydes is 1. The van der Waals surface area contributed by atoms with E-state index in [9.17, 15) is 9.18 Å². The third-order valence-corrected chi connectivity index (χ3v) is 4.97. The third-order valence-electron chi connectivity index (χ3n) is 4.10. The molecule has 0 fully saturated rings.